The highest BCUT2D eigenvalue weighted by Gasteiger charge is 2.21. The van der Waals surface area contributed by atoms with E-state index < -0.39 is 0 Å². The van der Waals surface area contributed by atoms with Crippen molar-refractivity contribution >= 4 is 5.91 Å². The molecule has 4 heteroatoms. The maximum Gasteiger partial charge on any atom is 0.251 e. The summed E-state index contributed by atoms with van der Waals surface area (Å²) in [6, 6.07) is 8.74. The Balaban J connectivity index is 1.73. The molecule has 0 aliphatic heterocycles. The predicted octanol–water partition coefficient (Wildman–Crippen LogP) is 2.88. The van der Waals surface area contributed by atoms with Gasteiger partial charge in [-0.25, -0.2) is 0 Å². The van der Waals surface area contributed by atoms with Gasteiger partial charge >= 0.3 is 0 Å². The second kappa shape index (κ2) is 7.80. The maximum absolute atomic E-state index is 12.0. The van der Waals surface area contributed by atoms with E-state index in [0.29, 0.717) is 36.3 Å². The van der Waals surface area contributed by atoms with Crippen LogP contribution in [0.15, 0.2) is 24.3 Å². The summed E-state index contributed by atoms with van der Waals surface area (Å²) in [6.45, 7) is 3.27. The van der Waals surface area contributed by atoms with Crippen molar-refractivity contribution < 1.29 is 9.53 Å². The van der Waals surface area contributed by atoms with Gasteiger partial charge in [0.15, 0.2) is 0 Å². The van der Waals surface area contributed by atoms with E-state index in [1.54, 1.807) is 24.3 Å². The lowest BCUT2D eigenvalue weighted by atomic mass is 9.88. The molecule has 0 saturated heterocycles. The molecule has 1 aliphatic carbocycles. The molecule has 4 nitrogen and oxygen atoms in total. The normalized spacial score (nSPS) is 21.5. The summed E-state index contributed by atoms with van der Waals surface area (Å²) in [7, 11) is 0. The van der Waals surface area contributed by atoms with Crippen molar-refractivity contribution in [1.82, 2.24) is 5.32 Å². The fraction of sp³-hybridized carbons (Fsp3) is 0.529. The molecule has 0 heterocycles. The third-order valence-corrected chi connectivity index (χ3v) is 4.01. The van der Waals surface area contributed by atoms with Crippen LogP contribution in [-0.4, -0.2) is 25.2 Å². The van der Waals surface area contributed by atoms with Gasteiger partial charge in [0.2, 0.25) is 0 Å². The summed E-state index contributed by atoms with van der Waals surface area (Å²) in [5.41, 5.74) is 1.01. The number of nitriles is 1. The number of nitrogens with one attached hydrogen (secondary N) is 1. The van der Waals surface area contributed by atoms with Crippen LogP contribution in [0.2, 0.25) is 0 Å². The summed E-state index contributed by atoms with van der Waals surface area (Å²) in [4.78, 5) is 12.0. The maximum atomic E-state index is 12.0. The zero-order valence-electron chi connectivity index (χ0n) is 12.5. The van der Waals surface area contributed by atoms with E-state index in [1.165, 1.54) is 19.3 Å². The second-order valence-corrected chi connectivity index (χ2v) is 5.62. The van der Waals surface area contributed by atoms with E-state index in [9.17, 15) is 4.79 Å². The third kappa shape index (κ3) is 4.57. The smallest absolute Gasteiger partial charge is 0.251 e. The number of benzene rings is 1. The molecule has 0 spiro atoms. The minimum atomic E-state index is -0.160. The number of nitrogens with zero attached hydrogens (tertiary/aromatic N) is 1. The van der Waals surface area contributed by atoms with Crippen LogP contribution in [0.5, 0.6) is 0 Å². The monoisotopic (exact) mass is 286 g/mol. The molecule has 2 atom stereocenters. The number of amides is 1. The lowest BCUT2D eigenvalue weighted by Gasteiger charge is -2.28. The molecule has 1 aromatic rings. The highest BCUT2D eigenvalue weighted by molar-refractivity contribution is 5.94. The van der Waals surface area contributed by atoms with Gasteiger partial charge in [-0.3, -0.25) is 4.79 Å². The number of carbonyl (C=O) groups is 1. The zero-order valence-corrected chi connectivity index (χ0v) is 12.5. The van der Waals surface area contributed by atoms with Gasteiger partial charge in [-0.05, 0) is 37.0 Å². The number of rotatable bonds is 5. The van der Waals surface area contributed by atoms with Crippen LogP contribution in [0.25, 0.3) is 0 Å². The van der Waals surface area contributed by atoms with Crippen LogP contribution in [0.1, 0.15) is 48.5 Å². The summed E-state index contributed by atoms with van der Waals surface area (Å²) in [6.07, 6.45) is 5.23. The standard InChI is InChI=1S/C17H22N2O2/c1-13-5-2-3-8-16(13)21-10-9-19-17(20)15-7-4-6-14(11-15)12-18/h4,6-7,11,13,16H,2-3,5,8-10H2,1H3,(H,19,20)/t13-,16+/m0/s1. The van der Waals surface area contributed by atoms with Gasteiger partial charge in [-0.1, -0.05) is 25.8 Å². The number of hydrogen-bond acceptors (Lipinski definition) is 3. The highest BCUT2D eigenvalue weighted by Crippen LogP contribution is 2.25. The van der Waals surface area contributed by atoms with Crippen LogP contribution in [0.4, 0.5) is 0 Å². The minimum Gasteiger partial charge on any atom is -0.376 e. The van der Waals surface area contributed by atoms with Crippen molar-refractivity contribution in [2.75, 3.05) is 13.2 Å². The topological polar surface area (TPSA) is 62.1 Å². The molecule has 1 fully saturated rings. The third-order valence-electron chi connectivity index (χ3n) is 4.01. The number of ether oxygens (including phenoxy) is 1. The molecular formula is C17H22N2O2. The van der Waals surface area contributed by atoms with Gasteiger partial charge in [0.05, 0.1) is 24.3 Å². The fourth-order valence-electron chi connectivity index (χ4n) is 2.74. The van der Waals surface area contributed by atoms with Crippen molar-refractivity contribution in [3.8, 4) is 6.07 Å². The van der Waals surface area contributed by atoms with E-state index in [2.05, 4.69) is 12.2 Å². The number of hydrogen-bond donors (Lipinski definition) is 1. The fourth-order valence-corrected chi connectivity index (χ4v) is 2.74. The van der Waals surface area contributed by atoms with Crippen molar-refractivity contribution in [3.63, 3.8) is 0 Å². The summed E-state index contributed by atoms with van der Waals surface area (Å²) >= 11 is 0. The Morgan fingerprint density at radius 1 is 1.43 bits per heavy atom. The van der Waals surface area contributed by atoms with Gasteiger partial charge in [0.1, 0.15) is 0 Å². The van der Waals surface area contributed by atoms with E-state index in [4.69, 9.17) is 10.00 Å². The first-order valence-corrected chi connectivity index (χ1v) is 7.60. The molecule has 1 aromatic carbocycles. The SMILES string of the molecule is C[C@H]1CCCC[C@H]1OCCNC(=O)c1cccc(C#N)c1. The quantitative estimate of drug-likeness (QED) is 0.847. The largest absolute Gasteiger partial charge is 0.376 e. The average Bonchev–Trinajstić information content (AvgIpc) is 2.53. The summed E-state index contributed by atoms with van der Waals surface area (Å²) in [5.74, 6) is 0.453. The zero-order chi connectivity index (χ0) is 15.1. The van der Waals surface area contributed by atoms with Crippen LogP contribution < -0.4 is 5.32 Å². The van der Waals surface area contributed by atoms with Gasteiger partial charge in [-0.2, -0.15) is 5.26 Å². The van der Waals surface area contributed by atoms with Gasteiger partial charge in [0.25, 0.3) is 5.91 Å². The lowest BCUT2D eigenvalue weighted by molar-refractivity contribution is -0.00293. The first kappa shape index (κ1) is 15.5. The Hall–Kier alpha value is -1.86. The Kier molecular flexibility index (Phi) is 5.77. The molecule has 1 N–H and O–H groups in total. The van der Waals surface area contributed by atoms with Crippen molar-refractivity contribution in [3.05, 3.63) is 35.4 Å². The number of carbonyl (C=O) groups excluding carboxylic acids is 1. The van der Waals surface area contributed by atoms with Crippen molar-refractivity contribution in [2.24, 2.45) is 5.92 Å². The average molecular weight is 286 g/mol. The van der Waals surface area contributed by atoms with Crippen LogP contribution in [0.3, 0.4) is 0 Å². The molecule has 0 aromatic heterocycles. The van der Waals surface area contributed by atoms with Crippen LogP contribution in [-0.2, 0) is 4.74 Å². The molecule has 0 unspecified atom stereocenters. The van der Waals surface area contributed by atoms with Gasteiger partial charge in [-0.15, -0.1) is 0 Å². The molecular weight excluding hydrogens is 264 g/mol. The summed E-state index contributed by atoms with van der Waals surface area (Å²) < 4.78 is 5.86. The predicted molar refractivity (Wildman–Crippen MR) is 80.9 cm³/mol. The first-order chi connectivity index (χ1) is 10.2. The van der Waals surface area contributed by atoms with E-state index in [-0.39, 0.29) is 5.91 Å². The Labute approximate surface area is 126 Å². The molecule has 112 valence electrons. The second-order valence-electron chi connectivity index (χ2n) is 5.62. The van der Waals surface area contributed by atoms with Crippen molar-refractivity contribution in [1.29, 1.82) is 5.26 Å². The first-order valence-electron chi connectivity index (χ1n) is 7.60. The molecule has 0 radical (unpaired) electrons. The molecule has 1 aliphatic rings. The minimum absolute atomic E-state index is 0.160. The molecule has 1 amide bonds. The lowest BCUT2D eigenvalue weighted by Crippen LogP contribution is -2.31. The van der Waals surface area contributed by atoms with Gasteiger partial charge in [0, 0.05) is 12.1 Å². The van der Waals surface area contributed by atoms with Crippen molar-refractivity contribution in [2.45, 2.75) is 38.7 Å². The molecule has 21 heavy (non-hydrogen) atoms. The van der Waals surface area contributed by atoms with E-state index >= 15 is 0 Å². The Morgan fingerprint density at radius 3 is 3.00 bits per heavy atom. The highest BCUT2D eigenvalue weighted by atomic mass is 16.5. The van der Waals surface area contributed by atoms with E-state index in [0.717, 1.165) is 6.42 Å². The summed E-state index contributed by atoms with van der Waals surface area (Å²) in [5, 5.41) is 11.7. The van der Waals surface area contributed by atoms with Gasteiger partial charge < -0.3 is 10.1 Å². The van der Waals surface area contributed by atoms with Crippen LogP contribution in [0, 0.1) is 17.2 Å². The molecule has 0 bridgehead atoms. The Bertz CT molecular complexity index is 522. The van der Waals surface area contributed by atoms with E-state index in [1.807, 2.05) is 6.07 Å². The van der Waals surface area contributed by atoms with Crippen LogP contribution >= 0.6 is 0 Å². The Morgan fingerprint density at radius 2 is 2.24 bits per heavy atom. The molecule has 1 saturated carbocycles. The molecule has 2 rings (SSSR count).